The van der Waals surface area contributed by atoms with E-state index in [0.29, 0.717) is 29.0 Å². The van der Waals surface area contributed by atoms with Gasteiger partial charge in [-0.25, -0.2) is 9.37 Å². The molecule has 5 nitrogen and oxygen atoms in total. The molecule has 0 saturated heterocycles. The summed E-state index contributed by atoms with van der Waals surface area (Å²) in [5.74, 6) is -1.69. The number of aromatic nitrogens is 2. The number of benzene rings is 2. The largest absolute Gasteiger partial charge is 0.496 e. The molecule has 0 atom stereocenters. The molecule has 2 aromatic carbocycles. The van der Waals surface area contributed by atoms with Crippen molar-refractivity contribution in [2.24, 2.45) is 7.05 Å². The number of nitrogens with one attached hydrogen (secondary N) is 1. The van der Waals surface area contributed by atoms with Crippen molar-refractivity contribution in [3.05, 3.63) is 59.2 Å². The molecular formula is C18H15F4N3O2. The summed E-state index contributed by atoms with van der Waals surface area (Å²) in [7, 11) is 3.24. The maximum atomic E-state index is 13.4. The van der Waals surface area contributed by atoms with Gasteiger partial charge in [0.2, 0.25) is 0 Å². The Morgan fingerprint density at radius 1 is 1.26 bits per heavy atom. The average Bonchev–Trinajstić information content (AvgIpc) is 3.00. The number of rotatable bonds is 4. The lowest BCUT2D eigenvalue weighted by molar-refractivity contribution is -0.140. The lowest BCUT2D eigenvalue weighted by atomic mass is 10.1. The van der Waals surface area contributed by atoms with Crippen LogP contribution >= 0.6 is 0 Å². The second-order valence-corrected chi connectivity index (χ2v) is 5.84. The van der Waals surface area contributed by atoms with Gasteiger partial charge in [0.15, 0.2) is 0 Å². The molecule has 0 unspecified atom stereocenters. The summed E-state index contributed by atoms with van der Waals surface area (Å²) in [6.45, 7) is -0.00237. The normalized spacial score (nSPS) is 11.6. The zero-order valence-corrected chi connectivity index (χ0v) is 14.4. The van der Waals surface area contributed by atoms with Gasteiger partial charge in [0.1, 0.15) is 11.6 Å². The van der Waals surface area contributed by atoms with Crippen LogP contribution in [0, 0.1) is 5.82 Å². The van der Waals surface area contributed by atoms with E-state index in [1.54, 1.807) is 30.1 Å². The van der Waals surface area contributed by atoms with Crippen molar-refractivity contribution in [3.8, 4) is 5.75 Å². The smallest absolute Gasteiger partial charge is 0.419 e. The molecule has 0 saturated carbocycles. The average molecular weight is 381 g/mol. The minimum absolute atomic E-state index is 0.00237. The third-order valence-corrected chi connectivity index (χ3v) is 4.12. The molecule has 3 rings (SSSR count). The fraction of sp³-hybridized carbons (Fsp3) is 0.222. The first-order valence-corrected chi connectivity index (χ1v) is 7.84. The molecule has 1 aromatic heterocycles. The topological polar surface area (TPSA) is 56.1 Å². The Labute approximate surface area is 151 Å². The van der Waals surface area contributed by atoms with Crippen molar-refractivity contribution in [3.63, 3.8) is 0 Å². The van der Waals surface area contributed by atoms with Crippen LogP contribution in [0.25, 0.3) is 11.0 Å². The van der Waals surface area contributed by atoms with E-state index < -0.39 is 23.5 Å². The van der Waals surface area contributed by atoms with Crippen LogP contribution in [0.4, 0.5) is 17.6 Å². The van der Waals surface area contributed by atoms with E-state index in [-0.39, 0.29) is 12.1 Å². The van der Waals surface area contributed by atoms with Gasteiger partial charge in [-0.15, -0.1) is 0 Å². The second kappa shape index (κ2) is 6.90. The number of nitrogens with zero attached hydrogens (tertiary/aromatic N) is 2. The van der Waals surface area contributed by atoms with E-state index in [2.05, 4.69) is 10.3 Å². The number of hydrogen-bond donors (Lipinski definition) is 1. The maximum Gasteiger partial charge on any atom is 0.419 e. The number of amides is 1. The predicted octanol–water partition coefficient (Wildman–Crippen LogP) is 3.67. The lowest BCUT2D eigenvalue weighted by Gasteiger charge is -2.13. The van der Waals surface area contributed by atoms with Gasteiger partial charge in [-0.05, 0) is 30.3 Å². The summed E-state index contributed by atoms with van der Waals surface area (Å²) >= 11 is 0. The van der Waals surface area contributed by atoms with Crippen LogP contribution in [-0.4, -0.2) is 22.6 Å². The predicted molar refractivity (Wildman–Crippen MR) is 89.8 cm³/mol. The lowest BCUT2D eigenvalue weighted by Crippen LogP contribution is -2.24. The summed E-state index contributed by atoms with van der Waals surface area (Å²) in [5.41, 5.74) is 0.260. The van der Waals surface area contributed by atoms with Gasteiger partial charge in [0, 0.05) is 24.7 Å². The van der Waals surface area contributed by atoms with E-state index in [4.69, 9.17) is 4.74 Å². The Hall–Kier alpha value is -3.10. The Bertz CT molecular complexity index is 1010. The molecule has 142 valence electrons. The third-order valence-electron chi connectivity index (χ3n) is 4.12. The number of ether oxygens (including phenoxy) is 1. The van der Waals surface area contributed by atoms with Crippen LogP contribution < -0.4 is 10.1 Å². The van der Waals surface area contributed by atoms with Crippen LogP contribution in [0.15, 0.2) is 36.7 Å². The van der Waals surface area contributed by atoms with Crippen molar-refractivity contribution in [2.45, 2.75) is 12.7 Å². The zero-order valence-electron chi connectivity index (χ0n) is 14.4. The molecule has 1 heterocycles. The summed E-state index contributed by atoms with van der Waals surface area (Å²) in [6.07, 6.45) is -3.28. The van der Waals surface area contributed by atoms with Gasteiger partial charge in [-0.1, -0.05) is 0 Å². The second-order valence-electron chi connectivity index (χ2n) is 5.84. The van der Waals surface area contributed by atoms with E-state index in [1.165, 1.54) is 7.11 Å². The molecule has 0 radical (unpaired) electrons. The molecule has 1 amide bonds. The quantitative estimate of drug-likeness (QED) is 0.702. The number of imidazole rings is 1. The van der Waals surface area contributed by atoms with Crippen LogP contribution in [0.5, 0.6) is 5.75 Å². The van der Waals surface area contributed by atoms with Crippen LogP contribution in [0.2, 0.25) is 0 Å². The number of halogens is 4. The molecule has 1 N–H and O–H groups in total. The molecule has 0 fully saturated rings. The monoisotopic (exact) mass is 381 g/mol. The third kappa shape index (κ3) is 3.57. The van der Waals surface area contributed by atoms with Gasteiger partial charge in [0.05, 0.1) is 30.0 Å². The van der Waals surface area contributed by atoms with Crippen LogP contribution in [-0.2, 0) is 19.8 Å². The van der Waals surface area contributed by atoms with E-state index in [9.17, 15) is 22.4 Å². The summed E-state index contributed by atoms with van der Waals surface area (Å²) in [5, 5.41) is 2.55. The summed E-state index contributed by atoms with van der Waals surface area (Å²) in [4.78, 5) is 16.5. The molecule has 0 aliphatic rings. The molecule has 0 aliphatic heterocycles. The van der Waals surface area contributed by atoms with E-state index in [1.807, 2.05) is 0 Å². The highest BCUT2D eigenvalue weighted by molar-refractivity contribution is 5.94. The first-order valence-electron chi connectivity index (χ1n) is 7.84. The molecule has 3 aromatic rings. The fourth-order valence-electron chi connectivity index (χ4n) is 2.83. The minimum atomic E-state index is -4.89. The Kier molecular flexibility index (Phi) is 4.77. The summed E-state index contributed by atoms with van der Waals surface area (Å²) in [6, 6.07) is 5.57. The highest BCUT2D eigenvalue weighted by atomic mass is 19.4. The van der Waals surface area contributed by atoms with Crippen LogP contribution in [0.3, 0.4) is 0 Å². The number of hydrogen-bond acceptors (Lipinski definition) is 3. The fourth-order valence-corrected chi connectivity index (χ4v) is 2.83. The van der Waals surface area contributed by atoms with Crippen molar-refractivity contribution in [2.75, 3.05) is 7.11 Å². The number of alkyl halides is 3. The van der Waals surface area contributed by atoms with Crippen molar-refractivity contribution >= 4 is 16.9 Å². The number of aryl methyl sites for hydroxylation is 1. The van der Waals surface area contributed by atoms with E-state index in [0.717, 1.165) is 11.6 Å². The SMILES string of the molecule is COc1ccc2ncn(C)c2c1CNC(=O)c1ccc(F)c(C(F)(F)F)c1. The van der Waals surface area contributed by atoms with E-state index >= 15 is 0 Å². The highest BCUT2D eigenvalue weighted by Crippen LogP contribution is 2.32. The molecule has 0 bridgehead atoms. The first kappa shape index (κ1) is 18.7. The minimum Gasteiger partial charge on any atom is -0.496 e. The number of carbonyl (C=O) groups is 1. The summed E-state index contributed by atoms with van der Waals surface area (Å²) < 4.78 is 58.9. The van der Waals surface area contributed by atoms with Crippen molar-refractivity contribution < 1.29 is 27.1 Å². The van der Waals surface area contributed by atoms with Gasteiger partial charge < -0.3 is 14.6 Å². The first-order chi connectivity index (χ1) is 12.7. The molecule has 27 heavy (non-hydrogen) atoms. The van der Waals surface area contributed by atoms with Crippen molar-refractivity contribution in [1.82, 2.24) is 14.9 Å². The number of carbonyl (C=O) groups excluding carboxylic acids is 1. The van der Waals surface area contributed by atoms with Gasteiger partial charge in [0.25, 0.3) is 5.91 Å². The molecular weight excluding hydrogens is 366 g/mol. The van der Waals surface area contributed by atoms with Gasteiger partial charge in [-0.3, -0.25) is 4.79 Å². The van der Waals surface area contributed by atoms with Crippen molar-refractivity contribution in [1.29, 1.82) is 0 Å². The standard InChI is InChI=1S/C18H15F4N3O2/c1-25-9-24-14-5-6-15(27-2)11(16(14)25)8-23-17(26)10-3-4-13(19)12(7-10)18(20,21)22/h3-7,9H,8H2,1-2H3,(H,23,26). The van der Waals surface area contributed by atoms with Crippen LogP contribution in [0.1, 0.15) is 21.5 Å². The van der Waals surface area contributed by atoms with Gasteiger partial charge in [-0.2, -0.15) is 13.2 Å². The molecule has 0 aliphatic carbocycles. The Morgan fingerprint density at radius 2 is 2.00 bits per heavy atom. The Morgan fingerprint density at radius 3 is 2.67 bits per heavy atom. The van der Waals surface area contributed by atoms with Gasteiger partial charge >= 0.3 is 6.18 Å². The number of methoxy groups -OCH3 is 1. The zero-order chi connectivity index (χ0) is 19.8. The number of fused-ring (bicyclic) bond motifs is 1. The molecule has 9 heteroatoms. The highest BCUT2D eigenvalue weighted by Gasteiger charge is 2.34. The molecule has 0 spiro atoms. The maximum absolute atomic E-state index is 13.4. The Balaban J connectivity index is 1.89.